The molecule has 14 heavy (non-hydrogen) atoms. The monoisotopic (exact) mass is 195 g/mol. The van der Waals surface area contributed by atoms with Crippen molar-refractivity contribution in [3.8, 4) is 0 Å². The molecule has 0 amide bonds. The van der Waals surface area contributed by atoms with E-state index in [0.29, 0.717) is 11.1 Å². The molecule has 74 valence electrons. The average molecular weight is 195 g/mol. The molecule has 5 nitrogen and oxygen atoms in total. The highest BCUT2D eigenvalue weighted by atomic mass is 16.6. The molecule has 1 aromatic carbocycles. The fourth-order valence-corrected chi connectivity index (χ4v) is 1.22. The molecule has 0 heterocycles. The van der Waals surface area contributed by atoms with Gasteiger partial charge in [0.1, 0.15) is 0 Å². The zero-order valence-electron chi connectivity index (χ0n) is 7.56. The number of rotatable bonds is 3. The highest BCUT2D eigenvalue weighted by Crippen LogP contribution is 2.21. The van der Waals surface area contributed by atoms with Crippen LogP contribution in [0.5, 0.6) is 0 Å². The lowest BCUT2D eigenvalue weighted by molar-refractivity contribution is -0.385. The summed E-state index contributed by atoms with van der Waals surface area (Å²) in [4.78, 5) is 20.4. The van der Waals surface area contributed by atoms with Crippen LogP contribution in [-0.4, -0.2) is 16.0 Å². The molecule has 0 aliphatic carbocycles. The van der Waals surface area contributed by atoms with Crippen molar-refractivity contribution < 1.29 is 14.8 Å². The van der Waals surface area contributed by atoms with Crippen molar-refractivity contribution in [1.82, 2.24) is 0 Å². The summed E-state index contributed by atoms with van der Waals surface area (Å²) < 4.78 is 0. The molecule has 0 aliphatic heterocycles. The Balaban J connectivity index is 3.13. The maximum atomic E-state index is 10.5. The van der Waals surface area contributed by atoms with Crippen molar-refractivity contribution in [2.45, 2.75) is 13.3 Å². The van der Waals surface area contributed by atoms with Crippen LogP contribution in [0.3, 0.4) is 0 Å². The van der Waals surface area contributed by atoms with Crippen LogP contribution in [0.4, 0.5) is 5.69 Å². The molecule has 1 rings (SSSR count). The minimum absolute atomic E-state index is 0.0382. The topological polar surface area (TPSA) is 80.4 Å². The van der Waals surface area contributed by atoms with Crippen molar-refractivity contribution >= 4 is 11.7 Å². The minimum Gasteiger partial charge on any atom is -0.481 e. The Morgan fingerprint density at radius 3 is 2.71 bits per heavy atom. The van der Waals surface area contributed by atoms with Crippen LogP contribution in [-0.2, 0) is 11.2 Å². The number of carboxylic acids is 1. The molecule has 0 bridgehead atoms. The summed E-state index contributed by atoms with van der Waals surface area (Å²) in [5.74, 6) is -0.992. The first-order valence-electron chi connectivity index (χ1n) is 3.97. The molecule has 0 atom stereocenters. The lowest BCUT2D eigenvalue weighted by Gasteiger charge is -2.02. The Labute approximate surface area is 80.1 Å². The summed E-state index contributed by atoms with van der Waals surface area (Å²) in [7, 11) is 0. The van der Waals surface area contributed by atoms with E-state index in [1.807, 2.05) is 0 Å². The van der Waals surface area contributed by atoms with E-state index in [2.05, 4.69) is 0 Å². The quantitative estimate of drug-likeness (QED) is 0.585. The molecule has 1 N–H and O–H groups in total. The highest BCUT2D eigenvalue weighted by molar-refractivity contribution is 5.71. The number of nitrogens with zero attached hydrogens (tertiary/aromatic N) is 1. The third-order valence-electron chi connectivity index (χ3n) is 1.96. The number of nitro benzene ring substituents is 1. The van der Waals surface area contributed by atoms with Gasteiger partial charge in [0, 0.05) is 11.6 Å². The first kappa shape index (κ1) is 10.2. The van der Waals surface area contributed by atoms with Crippen molar-refractivity contribution in [3.05, 3.63) is 39.4 Å². The molecule has 0 spiro atoms. The summed E-state index contributed by atoms with van der Waals surface area (Å²) in [5, 5.41) is 19.1. The maximum Gasteiger partial charge on any atom is 0.307 e. The second-order valence-electron chi connectivity index (χ2n) is 2.89. The molecule has 0 saturated carbocycles. The van der Waals surface area contributed by atoms with Crippen LogP contribution >= 0.6 is 0 Å². The van der Waals surface area contributed by atoms with E-state index in [9.17, 15) is 14.9 Å². The fraction of sp³-hybridized carbons (Fsp3) is 0.222. The summed E-state index contributed by atoms with van der Waals surface area (Å²) in [6, 6.07) is 4.43. The van der Waals surface area contributed by atoms with Gasteiger partial charge in [-0.25, -0.2) is 0 Å². The number of carbonyl (C=O) groups is 1. The van der Waals surface area contributed by atoms with Gasteiger partial charge in [0.25, 0.3) is 5.69 Å². The zero-order valence-corrected chi connectivity index (χ0v) is 7.56. The number of benzene rings is 1. The molecule has 1 aromatic rings. The van der Waals surface area contributed by atoms with Gasteiger partial charge in [-0.1, -0.05) is 12.1 Å². The number of hydrogen-bond donors (Lipinski definition) is 1. The van der Waals surface area contributed by atoms with E-state index in [0.717, 1.165) is 0 Å². The van der Waals surface area contributed by atoms with E-state index in [-0.39, 0.29) is 12.1 Å². The first-order valence-corrected chi connectivity index (χ1v) is 3.97. The standard InChI is InChI=1S/C9H9NO4/c1-6-7(5-9(11)12)3-2-4-8(6)10(13)14/h2-4H,5H2,1H3,(H,11,12). The number of hydrogen-bond acceptors (Lipinski definition) is 3. The van der Waals surface area contributed by atoms with Gasteiger partial charge in [-0.05, 0) is 12.5 Å². The number of aliphatic carboxylic acids is 1. The Kier molecular flexibility index (Phi) is 2.81. The van der Waals surface area contributed by atoms with Gasteiger partial charge in [0.05, 0.1) is 11.3 Å². The predicted octanol–water partition coefficient (Wildman–Crippen LogP) is 1.53. The third kappa shape index (κ3) is 2.07. The van der Waals surface area contributed by atoms with Crippen molar-refractivity contribution in [2.24, 2.45) is 0 Å². The molecule has 0 aliphatic rings. The Morgan fingerprint density at radius 1 is 1.57 bits per heavy atom. The van der Waals surface area contributed by atoms with E-state index < -0.39 is 10.9 Å². The number of carboxylic acid groups (broad SMARTS) is 1. The van der Waals surface area contributed by atoms with Crippen LogP contribution in [0.25, 0.3) is 0 Å². The normalized spacial score (nSPS) is 9.79. The molecule has 5 heteroatoms. The fourth-order valence-electron chi connectivity index (χ4n) is 1.22. The predicted molar refractivity (Wildman–Crippen MR) is 49.2 cm³/mol. The molecule has 0 aromatic heterocycles. The lowest BCUT2D eigenvalue weighted by atomic mass is 10.0. The van der Waals surface area contributed by atoms with E-state index in [1.54, 1.807) is 13.0 Å². The SMILES string of the molecule is Cc1c(CC(=O)O)cccc1[N+](=O)[O-]. The lowest BCUT2D eigenvalue weighted by Crippen LogP contribution is -2.03. The first-order chi connectivity index (χ1) is 6.52. The molecular weight excluding hydrogens is 186 g/mol. The molecule has 0 fully saturated rings. The summed E-state index contributed by atoms with van der Waals surface area (Å²) in [5.41, 5.74) is 0.857. The Morgan fingerprint density at radius 2 is 2.21 bits per heavy atom. The van der Waals surface area contributed by atoms with E-state index in [1.165, 1.54) is 12.1 Å². The van der Waals surface area contributed by atoms with Crippen molar-refractivity contribution in [2.75, 3.05) is 0 Å². The number of nitro groups is 1. The molecular formula is C9H9NO4. The highest BCUT2D eigenvalue weighted by Gasteiger charge is 2.14. The van der Waals surface area contributed by atoms with Crippen LogP contribution in [0.15, 0.2) is 18.2 Å². The molecule has 0 unspecified atom stereocenters. The van der Waals surface area contributed by atoms with E-state index >= 15 is 0 Å². The Bertz CT molecular complexity index is 386. The summed E-state index contributed by atoms with van der Waals surface area (Å²) >= 11 is 0. The maximum absolute atomic E-state index is 10.5. The minimum atomic E-state index is -0.992. The van der Waals surface area contributed by atoms with Crippen molar-refractivity contribution in [3.63, 3.8) is 0 Å². The van der Waals surface area contributed by atoms with Crippen LogP contribution in [0.2, 0.25) is 0 Å². The van der Waals surface area contributed by atoms with Gasteiger partial charge >= 0.3 is 5.97 Å². The smallest absolute Gasteiger partial charge is 0.307 e. The largest absolute Gasteiger partial charge is 0.481 e. The second kappa shape index (κ2) is 3.87. The zero-order chi connectivity index (χ0) is 10.7. The van der Waals surface area contributed by atoms with Crippen LogP contribution < -0.4 is 0 Å². The third-order valence-corrected chi connectivity index (χ3v) is 1.96. The molecule has 0 radical (unpaired) electrons. The van der Waals surface area contributed by atoms with Crippen LogP contribution in [0, 0.1) is 17.0 Å². The van der Waals surface area contributed by atoms with Crippen LogP contribution in [0.1, 0.15) is 11.1 Å². The van der Waals surface area contributed by atoms with E-state index in [4.69, 9.17) is 5.11 Å². The van der Waals surface area contributed by atoms with Gasteiger partial charge in [-0.15, -0.1) is 0 Å². The van der Waals surface area contributed by atoms with Gasteiger partial charge in [0.2, 0.25) is 0 Å². The van der Waals surface area contributed by atoms with Gasteiger partial charge in [-0.2, -0.15) is 0 Å². The van der Waals surface area contributed by atoms with Gasteiger partial charge in [-0.3, -0.25) is 14.9 Å². The van der Waals surface area contributed by atoms with Gasteiger partial charge < -0.3 is 5.11 Å². The second-order valence-corrected chi connectivity index (χ2v) is 2.89. The molecule has 0 saturated heterocycles. The van der Waals surface area contributed by atoms with Gasteiger partial charge in [0.15, 0.2) is 0 Å². The summed E-state index contributed by atoms with van der Waals surface area (Å²) in [6.07, 6.45) is -0.187. The Hall–Kier alpha value is -1.91. The van der Waals surface area contributed by atoms with Crippen molar-refractivity contribution in [1.29, 1.82) is 0 Å². The summed E-state index contributed by atoms with van der Waals surface area (Å²) in [6.45, 7) is 1.55. The average Bonchev–Trinajstić information content (AvgIpc) is 2.07.